The lowest BCUT2D eigenvalue weighted by Crippen LogP contribution is -2.17. The maximum absolute atomic E-state index is 13.7. The summed E-state index contributed by atoms with van der Waals surface area (Å²) in [5.41, 5.74) is -0.0460. The molecular weight excluding hydrogens is 411 g/mol. The number of nitro groups is 1. The lowest BCUT2D eigenvalue weighted by molar-refractivity contribution is -0.384. The predicted molar refractivity (Wildman–Crippen MR) is 103 cm³/mol. The number of carbonyl (C=O) groups is 1. The fourth-order valence-electron chi connectivity index (χ4n) is 2.24. The zero-order valence-corrected chi connectivity index (χ0v) is 15.6. The number of nitrogens with two attached hydrogens (primary N) is 1. The second-order valence-corrected chi connectivity index (χ2v) is 6.76. The molecule has 0 radical (unpaired) electrons. The molecule has 0 bridgehead atoms. The summed E-state index contributed by atoms with van der Waals surface area (Å²) in [7, 11) is 0. The molecule has 0 saturated heterocycles. The highest BCUT2D eigenvalue weighted by Gasteiger charge is 2.17. The number of nitrogen functional groups attached to an aromatic ring is 1. The lowest BCUT2D eigenvalue weighted by Gasteiger charge is -2.07. The zero-order chi connectivity index (χ0) is 20.3. The third-order valence-electron chi connectivity index (χ3n) is 3.55. The molecule has 144 valence electrons. The lowest BCUT2D eigenvalue weighted by atomic mass is 10.2. The number of nitrogens with one attached hydrogen (secondary N) is 1. The Balaban J connectivity index is 1.68. The van der Waals surface area contributed by atoms with Gasteiger partial charge in [-0.05, 0) is 18.2 Å². The van der Waals surface area contributed by atoms with E-state index >= 15 is 0 Å². The minimum absolute atomic E-state index is 0.167. The van der Waals surface area contributed by atoms with Crippen molar-refractivity contribution in [1.82, 2.24) is 14.9 Å². The van der Waals surface area contributed by atoms with E-state index in [1.165, 1.54) is 4.68 Å². The van der Waals surface area contributed by atoms with Gasteiger partial charge in [-0.1, -0.05) is 35.5 Å². The van der Waals surface area contributed by atoms with Gasteiger partial charge in [0.05, 0.1) is 21.4 Å². The summed E-state index contributed by atoms with van der Waals surface area (Å²) in [5, 5.41) is 21.6. The molecule has 0 spiro atoms. The molecule has 0 atom stereocenters. The van der Waals surface area contributed by atoms with Gasteiger partial charge in [0.2, 0.25) is 11.1 Å². The predicted octanol–water partition coefficient (Wildman–Crippen LogP) is 3.09. The quantitative estimate of drug-likeness (QED) is 0.270. The van der Waals surface area contributed by atoms with Crippen molar-refractivity contribution in [2.75, 3.05) is 16.9 Å². The Kier molecular flexibility index (Phi) is 5.76. The molecule has 1 heterocycles. The molecule has 0 unspecified atom stereocenters. The number of carbonyl (C=O) groups excluding carboxylic acids is 1. The van der Waals surface area contributed by atoms with Crippen LogP contribution < -0.4 is 11.2 Å². The fourth-order valence-corrected chi connectivity index (χ4v) is 3.12. The van der Waals surface area contributed by atoms with Crippen LogP contribution in [0.2, 0.25) is 5.02 Å². The molecule has 0 aliphatic carbocycles. The number of aromatic nitrogens is 3. The Morgan fingerprint density at radius 1 is 1.32 bits per heavy atom. The fraction of sp³-hybridized carbons (Fsp3) is 0.0625. The molecule has 3 rings (SSSR count). The number of hydrogen-bond donors (Lipinski definition) is 2. The Labute approximate surface area is 166 Å². The third-order valence-corrected chi connectivity index (χ3v) is 4.82. The third kappa shape index (κ3) is 4.21. The van der Waals surface area contributed by atoms with Crippen molar-refractivity contribution in [2.24, 2.45) is 0 Å². The maximum atomic E-state index is 13.7. The highest BCUT2D eigenvalue weighted by Crippen LogP contribution is 2.28. The summed E-state index contributed by atoms with van der Waals surface area (Å²) >= 11 is 7.08. The van der Waals surface area contributed by atoms with Crippen molar-refractivity contribution < 1.29 is 14.1 Å². The molecule has 3 N–H and O–H groups in total. The summed E-state index contributed by atoms with van der Waals surface area (Å²) in [6.07, 6.45) is 0. The molecule has 0 aliphatic heterocycles. The second-order valence-electron chi connectivity index (χ2n) is 5.41. The number of amides is 1. The van der Waals surface area contributed by atoms with Crippen molar-refractivity contribution in [1.29, 1.82) is 0 Å². The van der Waals surface area contributed by atoms with Crippen LogP contribution in [0.5, 0.6) is 0 Å². The number of nitrogens with zero attached hydrogens (tertiary/aromatic N) is 4. The van der Waals surface area contributed by atoms with Crippen molar-refractivity contribution in [3.63, 3.8) is 0 Å². The normalized spacial score (nSPS) is 10.6. The summed E-state index contributed by atoms with van der Waals surface area (Å²) in [5.74, 6) is 4.74. The summed E-state index contributed by atoms with van der Waals surface area (Å²) in [6.45, 7) is 0. The van der Waals surface area contributed by atoms with Gasteiger partial charge in [0.15, 0.2) is 5.82 Å². The SMILES string of the molecule is Nn1c(SCC(=O)Nc2cc([N+](=O)[O-])ccc2F)nnc1-c1ccccc1Cl. The van der Waals surface area contributed by atoms with Gasteiger partial charge in [0, 0.05) is 17.7 Å². The largest absolute Gasteiger partial charge is 0.335 e. The van der Waals surface area contributed by atoms with E-state index in [-0.39, 0.29) is 22.3 Å². The highest BCUT2D eigenvalue weighted by molar-refractivity contribution is 7.99. The number of halogens is 2. The summed E-state index contributed by atoms with van der Waals surface area (Å²) < 4.78 is 14.9. The highest BCUT2D eigenvalue weighted by atomic mass is 35.5. The topological polar surface area (TPSA) is 129 Å². The summed E-state index contributed by atoms with van der Waals surface area (Å²) in [6, 6.07) is 9.79. The van der Waals surface area contributed by atoms with Gasteiger partial charge in [-0.2, -0.15) is 0 Å². The molecule has 0 fully saturated rings. The minimum atomic E-state index is -0.785. The molecule has 1 amide bonds. The van der Waals surface area contributed by atoms with Crippen molar-refractivity contribution in [3.8, 4) is 11.4 Å². The molecule has 0 aliphatic rings. The number of nitro benzene ring substituents is 1. The number of benzene rings is 2. The van der Waals surface area contributed by atoms with E-state index in [2.05, 4.69) is 15.5 Å². The molecule has 12 heteroatoms. The Bertz CT molecular complexity index is 1060. The smallest absolute Gasteiger partial charge is 0.271 e. The van der Waals surface area contributed by atoms with E-state index < -0.39 is 16.6 Å². The molecule has 0 saturated carbocycles. The van der Waals surface area contributed by atoms with Crippen LogP contribution in [0.15, 0.2) is 47.6 Å². The van der Waals surface area contributed by atoms with Gasteiger partial charge in [-0.3, -0.25) is 14.9 Å². The number of hydrogen-bond acceptors (Lipinski definition) is 7. The number of non-ortho nitro benzene ring substituents is 1. The van der Waals surface area contributed by atoms with E-state index in [0.717, 1.165) is 30.0 Å². The van der Waals surface area contributed by atoms with Crippen LogP contribution in [0.1, 0.15) is 0 Å². The monoisotopic (exact) mass is 422 g/mol. The van der Waals surface area contributed by atoms with E-state index in [9.17, 15) is 19.3 Å². The van der Waals surface area contributed by atoms with E-state index in [0.29, 0.717) is 16.4 Å². The van der Waals surface area contributed by atoms with Crippen molar-refractivity contribution in [2.45, 2.75) is 5.16 Å². The van der Waals surface area contributed by atoms with Crippen LogP contribution in [0.3, 0.4) is 0 Å². The van der Waals surface area contributed by atoms with Crippen LogP contribution in [-0.2, 0) is 4.79 Å². The van der Waals surface area contributed by atoms with E-state index in [1.54, 1.807) is 24.3 Å². The van der Waals surface area contributed by atoms with Gasteiger partial charge in [0.25, 0.3) is 5.69 Å². The van der Waals surface area contributed by atoms with Crippen LogP contribution in [-0.4, -0.2) is 31.5 Å². The maximum Gasteiger partial charge on any atom is 0.271 e. The Morgan fingerprint density at radius 3 is 2.79 bits per heavy atom. The van der Waals surface area contributed by atoms with Gasteiger partial charge >= 0.3 is 0 Å². The van der Waals surface area contributed by atoms with E-state index in [4.69, 9.17) is 17.4 Å². The molecule has 3 aromatic rings. The van der Waals surface area contributed by atoms with E-state index in [1.807, 2.05) is 0 Å². The molecule has 9 nitrogen and oxygen atoms in total. The average molecular weight is 423 g/mol. The molecule has 2 aromatic carbocycles. The van der Waals surface area contributed by atoms with Gasteiger partial charge in [-0.15, -0.1) is 10.2 Å². The minimum Gasteiger partial charge on any atom is -0.335 e. The standard InChI is InChI=1S/C16H12ClFN6O3S/c17-11-4-2-1-3-10(11)15-21-22-16(23(15)19)28-8-14(25)20-13-7-9(24(26)27)5-6-12(13)18/h1-7H,8,19H2,(H,20,25). The first-order chi connectivity index (χ1) is 13.4. The van der Waals surface area contributed by atoms with Crippen molar-refractivity contribution >= 4 is 40.6 Å². The van der Waals surface area contributed by atoms with Crippen LogP contribution >= 0.6 is 23.4 Å². The molecule has 28 heavy (non-hydrogen) atoms. The van der Waals surface area contributed by atoms with Gasteiger partial charge in [-0.25, -0.2) is 9.07 Å². The van der Waals surface area contributed by atoms with Crippen molar-refractivity contribution in [3.05, 3.63) is 63.4 Å². The first kappa shape index (κ1) is 19.6. The van der Waals surface area contributed by atoms with Gasteiger partial charge < -0.3 is 11.2 Å². The Hall–Kier alpha value is -3.18. The average Bonchev–Trinajstić information content (AvgIpc) is 3.02. The first-order valence-electron chi connectivity index (χ1n) is 7.69. The van der Waals surface area contributed by atoms with Crippen LogP contribution in [0.25, 0.3) is 11.4 Å². The zero-order valence-electron chi connectivity index (χ0n) is 14.0. The number of anilines is 1. The Morgan fingerprint density at radius 2 is 2.07 bits per heavy atom. The number of thioether (sulfide) groups is 1. The van der Waals surface area contributed by atoms with Gasteiger partial charge in [0.1, 0.15) is 5.82 Å². The second kappa shape index (κ2) is 8.23. The van der Waals surface area contributed by atoms with Crippen LogP contribution in [0, 0.1) is 15.9 Å². The number of rotatable bonds is 6. The first-order valence-corrected chi connectivity index (χ1v) is 9.05. The molecular formula is C16H12ClFN6O3S. The van der Waals surface area contributed by atoms with Crippen LogP contribution in [0.4, 0.5) is 15.8 Å². The molecule has 1 aromatic heterocycles. The summed E-state index contributed by atoms with van der Waals surface area (Å²) in [4.78, 5) is 22.2.